The van der Waals surface area contributed by atoms with E-state index in [-0.39, 0.29) is 11.8 Å². The lowest BCUT2D eigenvalue weighted by Gasteiger charge is -2.05. The lowest BCUT2D eigenvalue weighted by Crippen LogP contribution is -2.12. The Kier molecular flexibility index (Phi) is 6.89. The molecule has 0 aliphatic heterocycles. The van der Waals surface area contributed by atoms with Crippen molar-refractivity contribution >= 4 is 46.4 Å². The summed E-state index contributed by atoms with van der Waals surface area (Å²) < 4.78 is 0. The smallest absolute Gasteiger partial charge is 0.266 e. The van der Waals surface area contributed by atoms with E-state index in [1.807, 2.05) is 11.4 Å². The molecule has 3 heterocycles. The summed E-state index contributed by atoms with van der Waals surface area (Å²) >= 11 is 2.89. The van der Waals surface area contributed by atoms with Crippen LogP contribution in [0, 0.1) is 0 Å². The second kappa shape index (κ2) is 9.79. The summed E-state index contributed by atoms with van der Waals surface area (Å²) in [7, 11) is 0. The number of aromatic nitrogens is 3. The van der Waals surface area contributed by atoms with Gasteiger partial charge in [0, 0.05) is 18.4 Å². The van der Waals surface area contributed by atoms with Crippen molar-refractivity contribution in [1.82, 2.24) is 15.2 Å². The molecule has 2 amide bonds. The number of carbonyl (C=O) groups excluding carboxylic acids is 2. The Morgan fingerprint density at radius 1 is 1.07 bits per heavy atom. The van der Waals surface area contributed by atoms with E-state index in [2.05, 4.69) is 25.8 Å². The Morgan fingerprint density at radius 3 is 2.70 bits per heavy atom. The van der Waals surface area contributed by atoms with Crippen molar-refractivity contribution in [3.05, 3.63) is 59.0 Å². The molecule has 0 aliphatic carbocycles. The summed E-state index contributed by atoms with van der Waals surface area (Å²) in [6.07, 6.45) is 4.41. The third-order valence-corrected chi connectivity index (χ3v) is 5.24. The van der Waals surface area contributed by atoms with Crippen LogP contribution in [0.5, 0.6) is 0 Å². The van der Waals surface area contributed by atoms with Gasteiger partial charge in [0.2, 0.25) is 5.91 Å². The zero-order valence-electron chi connectivity index (χ0n) is 14.3. The Morgan fingerprint density at radius 2 is 2.00 bits per heavy atom. The summed E-state index contributed by atoms with van der Waals surface area (Å²) in [6, 6.07) is 10.7. The summed E-state index contributed by atoms with van der Waals surface area (Å²) in [4.78, 5) is 28.4. The van der Waals surface area contributed by atoms with Gasteiger partial charge in [0.05, 0.1) is 16.8 Å². The molecular formula is C18H17N5O2S2. The molecule has 0 atom stereocenters. The van der Waals surface area contributed by atoms with Gasteiger partial charge in [0.1, 0.15) is 5.03 Å². The van der Waals surface area contributed by atoms with E-state index < -0.39 is 0 Å². The van der Waals surface area contributed by atoms with Crippen LogP contribution < -0.4 is 10.6 Å². The van der Waals surface area contributed by atoms with Crippen LogP contribution in [0.1, 0.15) is 22.5 Å². The van der Waals surface area contributed by atoms with E-state index >= 15 is 0 Å². The molecule has 0 saturated carbocycles. The number of rotatable bonds is 8. The maximum absolute atomic E-state index is 12.0. The van der Waals surface area contributed by atoms with Gasteiger partial charge in [-0.25, -0.2) is 0 Å². The highest BCUT2D eigenvalue weighted by atomic mass is 32.2. The Labute approximate surface area is 164 Å². The van der Waals surface area contributed by atoms with Crippen molar-refractivity contribution in [1.29, 1.82) is 0 Å². The highest BCUT2D eigenvalue weighted by Crippen LogP contribution is 2.18. The number of hydrogen-bond donors (Lipinski definition) is 2. The predicted molar refractivity (Wildman–Crippen MR) is 107 cm³/mol. The third-order valence-electron chi connectivity index (χ3n) is 3.37. The molecule has 3 aromatic rings. The van der Waals surface area contributed by atoms with Crippen LogP contribution in [0.25, 0.3) is 0 Å². The number of carbonyl (C=O) groups is 2. The maximum Gasteiger partial charge on any atom is 0.266 e. The van der Waals surface area contributed by atoms with Crippen LogP contribution in [0.2, 0.25) is 0 Å². The molecule has 3 rings (SSSR count). The molecule has 0 radical (unpaired) electrons. The van der Waals surface area contributed by atoms with Gasteiger partial charge in [0.25, 0.3) is 5.91 Å². The highest BCUT2D eigenvalue weighted by Gasteiger charge is 2.08. The molecule has 0 saturated heterocycles. The molecule has 0 fully saturated rings. The average molecular weight is 400 g/mol. The fourth-order valence-electron chi connectivity index (χ4n) is 2.12. The normalized spacial score (nSPS) is 10.4. The summed E-state index contributed by atoms with van der Waals surface area (Å²) in [5, 5.41) is 16.2. The van der Waals surface area contributed by atoms with Crippen LogP contribution in [-0.4, -0.2) is 32.7 Å². The molecule has 0 aromatic carbocycles. The molecule has 9 heteroatoms. The second-order valence-electron chi connectivity index (χ2n) is 5.43. The number of amides is 2. The van der Waals surface area contributed by atoms with Gasteiger partial charge in [-0.1, -0.05) is 6.07 Å². The maximum atomic E-state index is 12.0. The zero-order chi connectivity index (χ0) is 18.9. The fourth-order valence-corrected chi connectivity index (χ4v) is 3.50. The van der Waals surface area contributed by atoms with Gasteiger partial charge in [-0.15, -0.1) is 33.3 Å². The van der Waals surface area contributed by atoms with Gasteiger partial charge in [-0.2, -0.15) is 0 Å². The van der Waals surface area contributed by atoms with Crippen molar-refractivity contribution in [2.75, 3.05) is 16.4 Å². The monoisotopic (exact) mass is 399 g/mol. The number of nitrogens with zero attached hydrogens (tertiary/aromatic N) is 3. The first kappa shape index (κ1) is 19.0. The van der Waals surface area contributed by atoms with E-state index in [9.17, 15) is 9.59 Å². The van der Waals surface area contributed by atoms with Crippen molar-refractivity contribution in [2.24, 2.45) is 0 Å². The lowest BCUT2D eigenvalue weighted by molar-refractivity contribution is -0.116. The third kappa shape index (κ3) is 6.15. The Bertz CT molecular complexity index is 871. The topological polar surface area (TPSA) is 96.9 Å². The predicted octanol–water partition coefficient (Wildman–Crippen LogP) is 3.70. The Balaban J connectivity index is 1.37. The average Bonchev–Trinajstić information content (AvgIpc) is 3.22. The first-order valence-corrected chi connectivity index (χ1v) is 10.1. The first-order chi connectivity index (χ1) is 13.2. The van der Waals surface area contributed by atoms with Crippen LogP contribution in [0.3, 0.4) is 0 Å². The molecular weight excluding hydrogens is 382 g/mol. The van der Waals surface area contributed by atoms with Gasteiger partial charge in [-0.05, 0) is 42.1 Å². The summed E-state index contributed by atoms with van der Waals surface area (Å²) in [6.45, 7) is 0. The number of anilines is 2. The Hall–Kier alpha value is -2.78. The number of nitrogens with one attached hydrogen (secondary N) is 2. The molecule has 7 nitrogen and oxygen atoms in total. The second-order valence-corrected chi connectivity index (χ2v) is 7.49. The minimum atomic E-state index is -0.195. The molecule has 138 valence electrons. The summed E-state index contributed by atoms with van der Waals surface area (Å²) in [5.41, 5.74) is 0.696. The van der Waals surface area contributed by atoms with E-state index in [0.717, 1.165) is 17.2 Å². The van der Waals surface area contributed by atoms with Gasteiger partial charge in [-0.3, -0.25) is 14.6 Å². The number of pyridine rings is 1. The molecule has 0 aliphatic rings. The van der Waals surface area contributed by atoms with Gasteiger partial charge in [0.15, 0.2) is 5.82 Å². The van der Waals surface area contributed by atoms with Crippen molar-refractivity contribution < 1.29 is 9.59 Å². The first-order valence-electron chi connectivity index (χ1n) is 8.22. The molecule has 0 bridgehead atoms. The SMILES string of the molecule is O=C(CCCSc1ccc(NC(=O)c2cccs2)nn1)Nc1cccnc1. The van der Waals surface area contributed by atoms with Gasteiger partial charge < -0.3 is 10.6 Å². The quantitative estimate of drug-likeness (QED) is 0.443. The van der Waals surface area contributed by atoms with Crippen molar-refractivity contribution in [3.8, 4) is 0 Å². The lowest BCUT2D eigenvalue weighted by atomic mass is 10.3. The number of thioether (sulfide) groups is 1. The van der Waals surface area contributed by atoms with Crippen molar-refractivity contribution in [2.45, 2.75) is 17.9 Å². The molecule has 27 heavy (non-hydrogen) atoms. The van der Waals surface area contributed by atoms with Gasteiger partial charge >= 0.3 is 0 Å². The highest BCUT2D eigenvalue weighted by molar-refractivity contribution is 7.99. The van der Waals surface area contributed by atoms with E-state index in [1.165, 1.54) is 23.1 Å². The van der Waals surface area contributed by atoms with E-state index in [4.69, 9.17) is 0 Å². The van der Waals surface area contributed by atoms with Crippen LogP contribution >= 0.6 is 23.1 Å². The minimum absolute atomic E-state index is 0.0404. The molecule has 2 N–H and O–H groups in total. The zero-order valence-corrected chi connectivity index (χ0v) is 15.9. The molecule has 0 unspecified atom stereocenters. The van der Waals surface area contributed by atoms with E-state index in [1.54, 1.807) is 42.7 Å². The van der Waals surface area contributed by atoms with Crippen LogP contribution in [-0.2, 0) is 4.79 Å². The molecule has 3 aromatic heterocycles. The van der Waals surface area contributed by atoms with Crippen molar-refractivity contribution in [3.63, 3.8) is 0 Å². The number of hydrogen-bond acceptors (Lipinski definition) is 7. The van der Waals surface area contributed by atoms with E-state index in [0.29, 0.717) is 22.8 Å². The standard InChI is InChI=1S/C18H17N5O2S2/c24-16(20-13-4-1-9-19-12-13)6-3-11-27-17-8-7-15(22-23-17)21-18(25)14-5-2-10-26-14/h1-2,4-5,7-10,12H,3,6,11H2,(H,20,24)(H,21,22,25). The van der Waals surface area contributed by atoms with Crippen LogP contribution in [0.4, 0.5) is 11.5 Å². The number of thiophene rings is 1. The fraction of sp³-hybridized carbons (Fsp3) is 0.167. The van der Waals surface area contributed by atoms with Crippen LogP contribution in [0.15, 0.2) is 59.2 Å². The molecule has 0 spiro atoms. The minimum Gasteiger partial charge on any atom is -0.325 e. The largest absolute Gasteiger partial charge is 0.325 e. The summed E-state index contributed by atoms with van der Waals surface area (Å²) in [5.74, 6) is 0.921.